The molecular weight excluding hydrogens is 302 g/mol. The molecule has 6 nitrogen and oxygen atoms in total. The van der Waals surface area contributed by atoms with Crippen LogP contribution in [0.5, 0.6) is 0 Å². The van der Waals surface area contributed by atoms with Gasteiger partial charge in [0.05, 0.1) is 6.10 Å². The van der Waals surface area contributed by atoms with Crippen molar-refractivity contribution in [3.63, 3.8) is 0 Å². The zero-order valence-electron chi connectivity index (χ0n) is 14.0. The number of anilines is 3. The highest BCUT2D eigenvalue weighted by molar-refractivity contribution is 5.52. The van der Waals surface area contributed by atoms with Crippen LogP contribution in [0.25, 0.3) is 0 Å². The van der Waals surface area contributed by atoms with E-state index in [1.54, 1.807) is 6.20 Å². The largest absolute Gasteiger partial charge is 0.393 e. The first kappa shape index (κ1) is 16.5. The van der Waals surface area contributed by atoms with Gasteiger partial charge in [-0.2, -0.15) is 4.98 Å². The number of nitrogen functional groups attached to an aromatic ring is 1. The third-order valence-electron chi connectivity index (χ3n) is 4.54. The number of hydrogen-bond donors (Lipinski definition) is 4. The molecule has 0 unspecified atom stereocenters. The zero-order chi connectivity index (χ0) is 16.9. The van der Waals surface area contributed by atoms with E-state index in [1.807, 2.05) is 18.2 Å². The molecule has 1 heterocycles. The third-order valence-corrected chi connectivity index (χ3v) is 4.54. The Hall–Kier alpha value is -2.34. The topological polar surface area (TPSA) is 96.1 Å². The van der Waals surface area contributed by atoms with E-state index in [-0.39, 0.29) is 6.10 Å². The molecule has 1 aromatic carbocycles. The summed E-state index contributed by atoms with van der Waals surface area (Å²) in [5.74, 6) is 1.05. The van der Waals surface area contributed by atoms with Gasteiger partial charge in [-0.05, 0) is 44.2 Å². The number of aryl methyl sites for hydroxylation is 1. The molecule has 2 aromatic rings. The van der Waals surface area contributed by atoms with Crippen LogP contribution < -0.4 is 16.4 Å². The minimum absolute atomic E-state index is 0.163. The van der Waals surface area contributed by atoms with E-state index < -0.39 is 0 Å². The Morgan fingerprint density at radius 1 is 1.21 bits per heavy atom. The van der Waals surface area contributed by atoms with Crippen LogP contribution in [0.2, 0.25) is 0 Å². The van der Waals surface area contributed by atoms with Gasteiger partial charge in [-0.25, -0.2) is 4.98 Å². The summed E-state index contributed by atoms with van der Waals surface area (Å²) in [5, 5.41) is 16.2. The van der Waals surface area contributed by atoms with Gasteiger partial charge in [0.25, 0.3) is 0 Å². The van der Waals surface area contributed by atoms with E-state index in [0.717, 1.165) is 36.9 Å². The quantitative estimate of drug-likeness (QED) is 0.674. The first-order valence-corrected chi connectivity index (χ1v) is 8.47. The zero-order valence-corrected chi connectivity index (χ0v) is 14.0. The molecule has 5 N–H and O–H groups in total. The average molecular weight is 327 g/mol. The molecule has 3 rings (SSSR count). The lowest BCUT2D eigenvalue weighted by Crippen LogP contribution is -2.29. The maximum absolute atomic E-state index is 9.56. The second-order valence-electron chi connectivity index (χ2n) is 6.42. The molecule has 0 bridgehead atoms. The molecular formula is C18H25N5O. The van der Waals surface area contributed by atoms with Crippen LogP contribution in [0.4, 0.5) is 17.5 Å². The van der Waals surface area contributed by atoms with Crippen molar-refractivity contribution in [1.29, 1.82) is 0 Å². The van der Waals surface area contributed by atoms with Crippen molar-refractivity contribution in [1.82, 2.24) is 9.97 Å². The summed E-state index contributed by atoms with van der Waals surface area (Å²) in [5.41, 5.74) is 9.23. The first-order chi connectivity index (χ1) is 11.6. The van der Waals surface area contributed by atoms with Crippen LogP contribution in [0.3, 0.4) is 0 Å². The number of aliphatic hydroxyl groups is 1. The molecule has 1 fully saturated rings. The van der Waals surface area contributed by atoms with Crippen molar-refractivity contribution >= 4 is 17.5 Å². The smallest absolute Gasteiger partial charge is 0.224 e. The fourth-order valence-corrected chi connectivity index (χ4v) is 2.99. The molecule has 0 radical (unpaired) electrons. The van der Waals surface area contributed by atoms with Crippen LogP contribution in [0, 0.1) is 6.92 Å². The molecule has 1 aliphatic carbocycles. The predicted octanol–water partition coefficient (Wildman–Crippen LogP) is 2.69. The number of rotatable bonds is 5. The van der Waals surface area contributed by atoms with E-state index in [9.17, 15) is 5.11 Å². The second-order valence-corrected chi connectivity index (χ2v) is 6.42. The van der Waals surface area contributed by atoms with Crippen LogP contribution >= 0.6 is 0 Å². The third kappa shape index (κ3) is 4.14. The molecule has 1 aromatic heterocycles. The summed E-state index contributed by atoms with van der Waals surface area (Å²) in [4.78, 5) is 8.76. The van der Waals surface area contributed by atoms with E-state index in [0.29, 0.717) is 24.4 Å². The predicted molar refractivity (Wildman–Crippen MR) is 96.8 cm³/mol. The standard InChI is InChI=1S/C18H25N5O/c1-12-4-2-3-5-16(12)20-10-13-11-21-18(23-17(13)19)22-14-6-8-15(24)9-7-14/h2-5,11,14-15,20,24H,6-10H2,1H3,(H3,19,21,22,23). The monoisotopic (exact) mass is 327 g/mol. The van der Waals surface area contributed by atoms with Gasteiger partial charge in [-0.15, -0.1) is 0 Å². The second kappa shape index (κ2) is 7.49. The SMILES string of the molecule is Cc1ccccc1NCc1cnc(NC2CCC(O)CC2)nc1N. The van der Waals surface area contributed by atoms with Crippen LogP contribution in [0.1, 0.15) is 36.8 Å². The van der Waals surface area contributed by atoms with Gasteiger partial charge in [-0.3, -0.25) is 0 Å². The van der Waals surface area contributed by atoms with Gasteiger partial charge in [0.15, 0.2) is 0 Å². The number of para-hydroxylation sites is 1. The van der Waals surface area contributed by atoms with Crippen LogP contribution in [-0.4, -0.2) is 27.2 Å². The summed E-state index contributed by atoms with van der Waals surface area (Å²) >= 11 is 0. The van der Waals surface area contributed by atoms with Crippen molar-refractivity contribution < 1.29 is 5.11 Å². The molecule has 1 aliphatic rings. The van der Waals surface area contributed by atoms with E-state index in [1.165, 1.54) is 5.56 Å². The number of aromatic nitrogens is 2. The summed E-state index contributed by atoms with van der Waals surface area (Å²) in [6.07, 6.45) is 5.12. The van der Waals surface area contributed by atoms with Crippen LogP contribution in [0.15, 0.2) is 30.5 Å². The lowest BCUT2D eigenvalue weighted by molar-refractivity contribution is 0.126. The summed E-state index contributed by atoms with van der Waals surface area (Å²) < 4.78 is 0. The maximum Gasteiger partial charge on any atom is 0.224 e. The van der Waals surface area contributed by atoms with Crippen molar-refractivity contribution in [2.24, 2.45) is 0 Å². The maximum atomic E-state index is 9.56. The van der Waals surface area contributed by atoms with E-state index >= 15 is 0 Å². The number of nitrogens with zero attached hydrogens (tertiary/aromatic N) is 2. The first-order valence-electron chi connectivity index (χ1n) is 8.47. The Kier molecular flexibility index (Phi) is 5.15. The van der Waals surface area contributed by atoms with Crippen molar-refractivity contribution in [2.75, 3.05) is 16.4 Å². The van der Waals surface area contributed by atoms with Gasteiger partial charge >= 0.3 is 0 Å². The lowest BCUT2D eigenvalue weighted by atomic mass is 9.93. The summed E-state index contributed by atoms with van der Waals surface area (Å²) in [7, 11) is 0. The number of aliphatic hydroxyl groups excluding tert-OH is 1. The number of hydrogen-bond acceptors (Lipinski definition) is 6. The van der Waals surface area contributed by atoms with Crippen molar-refractivity contribution in [3.05, 3.63) is 41.6 Å². The molecule has 0 amide bonds. The van der Waals surface area contributed by atoms with Crippen molar-refractivity contribution in [2.45, 2.75) is 51.3 Å². The van der Waals surface area contributed by atoms with Gasteiger partial charge < -0.3 is 21.5 Å². The Bertz CT molecular complexity index is 683. The fourth-order valence-electron chi connectivity index (χ4n) is 2.99. The van der Waals surface area contributed by atoms with E-state index in [4.69, 9.17) is 5.73 Å². The molecule has 128 valence electrons. The van der Waals surface area contributed by atoms with Gasteiger partial charge in [0.1, 0.15) is 5.82 Å². The number of benzene rings is 1. The Morgan fingerprint density at radius 3 is 2.67 bits per heavy atom. The molecule has 0 aliphatic heterocycles. The van der Waals surface area contributed by atoms with Gasteiger partial charge in [-0.1, -0.05) is 18.2 Å². The minimum atomic E-state index is -0.163. The fraction of sp³-hybridized carbons (Fsp3) is 0.444. The highest BCUT2D eigenvalue weighted by Crippen LogP contribution is 2.22. The summed E-state index contributed by atoms with van der Waals surface area (Å²) in [6.45, 7) is 2.66. The minimum Gasteiger partial charge on any atom is -0.393 e. The molecule has 0 spiro atoms. The molecule has 0 atom stereocenters. The Labute approximate surface area is 142 Å². The highest BCUT2D eigenvalue weighted by Gasteiger charge is 2.20. The molecule has 6 heteroatoms. The highest BCUT2D eigenvalue weighted by atomic mass is 16.3. The molecule has 0 saturated heterocycles. The number of nitrogens with two attached hydrogens (primary N) is 1. The molecule has 24 heavy (non-hydrogen) atoms. The Morgan fingerprint density at radius 2 is 1.96 bits per heavy atom. The average Bonchev–Trinajstić information content (AvgIpc) is 2.58. The van der Waals surface area contributed by atoms with Crippen LogP contribution in [-0.2, 0) is 6.54 Å². The van der Waals surface area contributed by atoms with Crippen molar-refractivity contribution in [3.8, 4) is 0 Å². The number of nitrogens with one attached hydrogen (secondary N) is 2. The van der Waals surface area contributed by atoms with E-state index in [2.05, 4.69) is 33.6 Å². The normalized spacial score (nSPS) is 20.6. The lowest BCUT2D eigenvalue weighted by Gasteiger charge is -2.26. The van der Waals surface area contributed by atoms with Gasteiger partial charge in [0, 0.05) is 30.0 Å². The Balaban J connectivity index is 1.59. The summed E-state index contributed by atoms with van der Waals surface area (Å²) in [6, 6.07) is 8.44. The molecule has 1 saturated carbocycles. The van der Waals surface area contributed by atoms with Gasteiger partial charge in [0.2, 0.25) is 5.95 Å².